The van der Waals surface area contributed by atoms with Crippen molar-refractivity contribution in [3.05, 3.63) is 78.6 Å². The minimum absolute atomic E-state index is 0.433. The van der Waals surface area contributed by atoms with E-state index in [0.29, 0.717) is 11.3 Å². The molecule has 0 spiro atoms. The summed E-state index contributed by atoms with van der Waals surface area (Å²) in [5.74, 6) is -0.482. The second-order valence-corrected chi connectivity index (χ2v) is 7.17. The molecule has 4 aromatic rings. The number of benzene rings is 2. The Bertz CT molecular complexity index is 1350. The number of amides is 1. The second kappa shape index (κ2) is 8.83. The maximum atomic E-state index is 11.7. The van der Waals surface area contributed by atoms with Crippen molar-refractivity contribution in [3.63, 3.8) is 0 Å². The highest BCUT2D eigenvalue weighted by Crippen LogP contribution is 2.32. The molecule has 0 radical (unpaired) electrons. The van der Waals surface area contributed by atoms with Gasteiger partial charge in [-0.25, -0.2) is 4.98 Å². The first-order valence-corrected chi connectivity index (χ1v) is 10.1. The number of carbonyl (C=O) groups is 1. The lowest BCUT2D eigenvalue weighted by molar-refractivity contribution is -0.555. The van der Waals surface area contributed by atoms with E-state index in [2.05, 4.69) is 15.3 Å². The summed E-state index contributed by atoms with van der Waals surface area (Å²) in [6.45, 7) is 0. The molecule has 0 saturated heterocycles. The van der Waals surface area contributed by atoms with Crippen LogP contribution in [0, 0.1) is 5.41 Å². The van der Waals surface area contributed by atoms with E-state index < -0.39 is 5.91 Å². The molecule has 160 valence electrons. The van der Waals surface area contributed by atoms with Crippen molar-refractivity contribution in [1.82, 2.24) is 14.5 Å². The lowest BCUT2D eigenvalue weighted by Crippen LogP contribution is -2.72. The third-order valence-corrected chi connectivity index (χ3v) is 5.27. The minimum Gasteiger partial charge on any atom is -0.387 e. The Balaban J connectivity index is 1.85. The number of hydrogen-bond acceptors (Lipinski definition) is 5. The van der Waals surface area contributed by atoms with Gasteiger partial charge in [0.1, 0.15) is 6.20 Å². The lowest BCUT2D eigenvalue weighted by Gasteiger charge is -2.13. The molecule has 0 aliphatic rings. The molecule has 6 N–H and O–H groups in total. The first-order chi connectivity index (χ1) is 15.6. The normalized spacial score (nSPS) is 11.5. The van der Waals surface area contributed by atoms with Crippen LogP contribution in [0.3, 0.4) is 0 Å². The van der Waals surface area contributed by atoms with Crippen LogP contribution in [0.5, 0.6) is 0 Å². The van der Waals surface area contributed by atoms with Gasteiger partial charge in [0.25, 0.3) is 5.91 Å². The number of fused-ring (bicyclic) bond motifs is 1. The number of imidazole rings is 1. The molecule has 2 aromatic heterocycles. The number of rotatable bonds is 7. The first-order valence-electron chi connectivity index (χ1n) is 10.1. The van der Waals surface area contributed by atoms with Gasteiger partial charge in [0.15, 0.2) is 0 Å². The van der Waals surface area contributed by atoms with E-state index >= 15 is 0 Å². The van der Waals surface area contributed by atoms with Crippen molar-refractivity contribution in [2.75, 3.05) is 19.4 Å². The molecule has 1 amide bonds. The van der Waals surface area contributed by atoms with Crippen LogP contribution >= 0.6 is 0 Å². The Labute approximate surface area is 185 Å². The van der Waals surface area contributed by atoms with Gasteiger partial charge in [0.2, 0.25) is 0 Å². The summed E-state index contributed by atoms with van der Waals surface area (Å²) in [7, 11) is 3.67. The summed E-state index contributed by atoms with van der Waals surface area (Å²) < 4.78 is 1.95. The Morgan fingerprint density at radius 3 is 2.75 bits per heavy atom. The summed E-state index contributed by atoms with van der Waals surface area (Å²) in [6, 6.07) is 13.4. The number of pyridine rings is 1. The highest BCUT2D eigenvalue weighted by molar-refractivity contribution is 6.07. The van der Waals surface area contributed by atoms with Gasteiger partial charge in [0, 0.05) is 47.7 Å². The predicted molar refractivity (Wildman–Crippen MR) is 127 cm³/mol. The maximum absolute atomic E-state index is 11.7. The Kier molecular flexibility index (Phi) is 5.78. The third kappa shape index (κ3) is 3.75. The largest absolute Gasteiger partial charge is 0.387 e. The average Bonchev–Trinajstić information content (AvgIpc) is 3.31. The molecule has 4 rings (SSSR count). The van der Waals surface area contributed by atoms with Gasteiger partial charge in [-0.1, -0.05) is 18.2 Å². The second-order valence-electron chi connectivity index (χ2n) is 7.17. The predicted octanol–water partition coefficient (Wildman–Crippen LogP) is 2.41. The van der Waals surface area contributed by atoms with Crippen LogP contribution < -0.4 is 16.4 Å². The SMILES string of the molecule is CNc1cc(-c2nccc3c(-n4cnc(/C(C=N)=C/[NH2+]C)c4)cccc23)ccc1C(N)=O. The summed E-state index contributed by atoms with van der Waals surface area (Å²) in [5.41, 5.74) is 10.7. The molecular weight excluding hydrogens is 402 g/mol. The molecular formula is C24H24N7O+. The number of nitrogens with one attached hydrogen (secondary N) is 2. The molecule has 32 heavy (non-hydrogen) atoms. The van der Waals surface area contributed by atoms with E-state index in [9.17, 15) is 4.79 Å². The molecule has 0 saturated carbocycles. The fraction of sp³-hybridized carbons (Fsp3) is 0.0833. The fourth-order valence-corrected chi connectivity index (χ4v) is 3.75. The Morgan fingerprint density at radius 1 is 1.19 bits per heavy atom. The van der Waals surface area contributed by atoms with Crippen LogP contribution in [0.25, 0.3) is 33.3 Å². The number of anilines is 1. The molecule has 2 aromatic carbocycles. The van der Waals surface area contributed by atoms with Crippen molar-refractivity contribution < 1.29 is 10.1 Å². The van der Waals surface area contributed by atoms with Crippen LogP contribution in [0.4, 0.5) is 5.69 Å². The lowest BCUT2D eigenvalue weighted by atomic mass is 10.0. The van der Waals surface area contributed by atoms with E-state index in [0.717, 1.165) is 39.0 Å². The first kappa shape index (κ1) is 21.0. The fourth-order valence-electron chi connectivity index (χ4n) is 3.75. The monoisotopic (exact) mass is 426 g/mol. The van der Waals surface area contributed by atoms with Crippen molar-refractivity contribution >= 4 is 34.2 Å². The maximum Gasteiger partial charge on any atom is 0.250 e. The van der Waals surface area contributed by atoms with Crippen LogP contribution in [0.15, 0.2) is 67.4 Å². The minimum atomic E-state index is -0.482. The van der Waals surface area contributed by atoms with Gasteiger partial charge in [0.05, 0.1) is 41.6 Å². The van der Waals surface area contributed by atoms with E-state index in [4.69, 9.17) is 11.1 Å². The summed E-state index contributed by atoms with van der Waals surface area (Å²) in [6.07, 6.45) is 8.59. The Hall–Kier alpha value is -4.30. The van der Waals surface area contributed by atoms with Gasteiger partial charge < -0.3 is 26.3 Å². The van der Waals surface area contributed by atoms with E-state index in [1.165, 1.54) is 6.21 Å². The van der Waals surface area contributed by atoms with Crippen molar-refractivity contribution in [1.29, 1.82) is 5.41 Å². The van der Waals surface area contributed by atoms with Crippen molar-refractivity contribution in [3.8, 4) is 16.9 Å². The van der Waals surface area contributed by atoms with Gasteiger partial charge in [-0.3, -0.25) is 9.78 Å². The number of allylic oxidation sites excluding steroid dienone is 1. The van der Waals surface area contributed by atoms with Crippen LogP contribution in [0.1, 0.15) is 16.1 Å². The van der Waals surface area contributed by atoms with Crippen LogP contribution in [-0.2, 0) is 0 Å². The molecule has 8 nitrogen and oxygen atoms in total. The van der Waals surface area contributed by atoms with E-state index in [-0.39, 0.29) is 0 Å². The van der Waals surface area contributed by atoms with Gasteiger partial charge in [-0.15, -0.1) is 0 Å². The average molecular weight is 427 g/mol. The molecule has 0 bridgehead atoms. The molecule has 0 aliphatic carbocycles. The summed E-state index contributed by atoms with van der Waals surface area (Å²) in [4.78, 5) is 20.8. The molecule has 0 fully saturated rings. The summed E-state index contributed by atoms with van der Waals surface area (Å²) >= 11 is 0. The molecule has 0 atom stereocenters. The van der Waals surface area contributed by atoms with E-state index in [1.807, 2.05) is 65.7 Å². The van der Waals surface area contributed by atoms with Crippen molar-refractivity contribution in [2.24, 2.45) is 5.73 Å². The van der Waals surface area contributed by atoms with Gasteiger partial charge >= 0.3 is 0 Å². The van der Waals surface area contributed by atoms with Crippen LogP contribution in [-0.4, -0.2) is 40.8 Å². The van der Waals surface area contributed by atoms with Gasteiger partial charge in [-0.05, 0) is 24.3 Å². The topological polar surface area (TPSA) is 126 Å². The number of nitrogens with zero attached hydrogens (tertiary/aromatic N) is 3. The number of aromatic nitrogens is 3. The van der Waals surface area contributed by atoms with Crippen molar-refractivity contribution in [2.45, 2.75) is 0 Å². The number of carbonyl (C=O) groups excluding carboxylic acids is 1. The summed E-state index contributed by atoms with van der Waals surface area (Å²) in [5, 5.41) is 14.5. The smallest absolute Gasteiger partial charge is 0.250 e. The number of quaternary nitrogens is 1. The standard InChI is InChI=1S/C24H23N7O/c1-27-12-16(11-25)21-13-31(14-30-21)22-5-3-4-18-17(22)8-9-29-23(18)15-6-7-19(24(26)32)20(10-15)28-2/h3-14,25,27-28H,1-2H3,(H2,26,32)/p+1/b16-12+,25-11?. The third-order valence-electron chi connectivity index (χ3n) is 5.27. The highest BCUT2D eigenvalue weighted by Gasteiger charge is 2.14. The van der Waals surface area contributed by atoms with E-state index in [1.54, 1.807) is 25.6 Å². The molecule has 2 heterocycles. The zero-order valence-electron chi connectivity index (χ0n) is 17.8. The molecule has 0 unspecified atom stereocenters. The number of primary amides is 1. The highest BCUT2D eigenvalue weighted by atomic mass is 16.1. The quantitative estimate of drug-likeness (QED) is 0.339. The molecule has 0 aliphatic heterocycles. The number of hydrogen-bond donors (Lipinski definition) is 4. The number of nitrogens with two attached hydrogens (primary N) is 2. The zero-order chi connectivity index (χ0) is 22.7. The molecule has 8 heteroatoms. The van der Waals surface area contributed by atoms with Gasteiger partial charge in [-0.2, -0.15) is 0 Å². The zero-order valence-corrected chi connectivity index (χ0v) is 17.8. The van der Waals surface area contributed by atoms with Crippen LogP contribution in [0.2, 0.25) is 0 Å². The Morgan fingerprint density at radius 2 is 2.03 bits per heavy atom.